The Balaban J connectivity index is 1.38. The number of benzene rings is 2. The number of halogens is 1. The Labute approximate surface area is 184 Å². The van der Waals surface area contributed by atoms with Gasteiger partial charge in [0.25, 0.3) is 5.91 Å². The van der Waals surface area contributed by atoms with E-state index in [0.29, 0.717) is 27.4 Å². The maximum absolute atomic E-state index is 12.7. The Kier molecular flexibility index (Phi) is 6.55. The summed E-state index contributed by atoms with van der Waals surface area (Å²) in [5, 5.41) is 0.689. The molecule has 0 unspecified atom stereocenters. The van der Waals surface area contributed by atoms with E-state index in [0.717, 1.165) is 36.3 Å². The van der Waals surface area contributed by atoms with Gasteiger partial charge in [0.05, 0.1) is 17.6 Å². The predicted molar refractivity (Wildman–Crippen MR) is 121 cm³/mol. The van der Waals surface area contributed by atoms with E-state index in [9.17, 15) is 4.79 Å². The van der Waals surface area contributed by atoms with Gasteiger partial charge in [-0.05, 0) is 42.7 Å². The second-order valence-corrected chi connectivity index (χ2v) is 8.96. The van der Waals surface area contributed by atoms with Gasteiger partial charge in [-0.2, -0.15) is 0 Å². The molecular formula is C22H20ClNO3S2. The van der Waals surface area contributed by atoms with Gasteiger partial charge in [-0.25, -0.2) is 0 Å². The standard InChI is InChI=1S/C22H20ClNO3S2/c23-19-6-2-1-4-16(19)14-27-17-9-7-15(8-10-17)12-20-21(25)24(22(28)29-20)13-18-5-3-11-26-18/h1-2,4,6-10,12,18H,3,5,11,13-14H2/b20-12-/t18-/m1/s1. The highest BCUT2D eigenvalue weighted by atomic mass is 35.5. The average Bonchev–Trinajstić information content (AvgIpc) is 3.33. The number of thioether (sulfide) groups is 1. The molecule has 0 spiro atoms. The van der Waals surface area contributed by atoms with Gasteiger partial charge in [0.1, 0.15) is 16.7 Å². The first-order valence-corrected chi connectivity index (χ1v) is 11.0. The second kappa shape index (κ2) is 9.30. The number of rotatable bonds is 6. The molecule has 2 saturated heterocycles. The molecule has 7 heteroatoms. The number of carbonyl (C=O) groups is 1. The van der Waals surface area contributed by atoms with E-state index in [1.807, 2.05) is 54.6 Å². The van der Waals surface area contributed by atoms with Crippen LogP contribution in [0.2, 0.25) is 5.02 Å². The molecule has 2 aromatic carbocycles. The van der Waals surface area contributed by atoms with Crippen LogP contribution in [0.5, 0.6) is 5.75 Å². The Morgan fingerprint density at radius 2 is 2.03 bits per heavy atom. The molecule has 29 heavy (non-hydrogen) atoms. The van der Waals surface area contributed by atoms with Crippen molar-refractivity contribution in [3.05, 3.63) is 69.6 Å². The van der Waals surface area contributed by atoms with Crippen LogP contribution in [0.3, 0.4) is 0 Å². The van der Waals surface area contributed by atoms with Crippen molar-refractivity contribution in [3.8, 4) is 5.75 Å². The summed E-state index contributed by atoms with van der Waals surface area (Å²) in [5.41, 5.74) is 1.86. The Bertz CT molecular complexity index is 939. The van der Waals surface area contributed by atoms with Crippen molar-refractivity contribution >= 4 is 51.9 Å². The van der Waals surface area contributed by atoms with E-state index in [-0.39, 0.29) is 12.0 Å². The molecule has 0 N–H and O–H groups in total. The first-order valence-electron chi connectivity index (χ1n) is 9.43. The molecule has 2 aliphatic rings. The fraction of sp³-hybridized carbons (Fsp3) is 0.273. The van der Waals surface area contributed by atoms with Gasteiger partial charge in [-0.15, -0.1) is 0 Å². The van der Waals surface area contributed by atoms with Crippen LogP contribution in [0.1, 0.15) is 24.0 Å². The smallest absolute Gasteiger partial charge is 0.266 e. The Morgan fingerprint density at radius 1 is 1.24 bits per heavy atom. The summed E-state index contributed by atoms with van der Waals surface area (Å²) in [7, 11) is 0. The van der Waals surface area contributed by atoms with Crippen LogP contribution in [-0.2, 0) is 16.1 Å². The van der Waals surface area contributed by atoms with E-state index in [1.165, 1.54) is 11.8 Å². The number of carbonyl (C=O) groups excluding carboxylic acids is 1. The number of amides is 1. The van der Waals surface area contributed by atoms with Crippen molar-refractivity contribution in [1.29, 1.82) is 0 Å². The SMILES string of the molecule is O=C1/C(=C/c2ccc(OCc3ccccc3Cl)cc2)SC(=S)N1C[C@H]1CCCO1. The Hall–Kier alpha value is -1.86. The molecule has 2 aromatic rings. The fourth-order valence-electron chi connectivity index (χ4n) is 3.24. The second-order valence-electron chi connectivity index (χ2n) is 6.88. The van der Waals surface area contributed by atoms with Crippen molar-refractivity contribution < 1.29 is 14.3 Å². The molecule has 0 radical (unpaired) electrons. The molecule has 2 fully saturated rings. The predicted octanol–water partition coefficient (Wildman–Crippen LogP) is 5.30. The first-order chi connectivity index (χ1) is 14.1. The summed E-state index contributed by atoms with van der Waals surface area (Å²) in [4.78, 5) is 15.0. The minimum atomic E-state index is -0.0467. The maximum atomic E-state index is 12.7. The topological polar surface area (TPSA) is 38.8 Å². The minimum Gasteiger partial charge on any atom is -0.489 e. The number of thiocarbonyl (C=S) groups is 1. The van der Waals surface area contributed by atoms with E-state index in [2.05, 4.69) is 0 Å². The lowest BCUT2D eigenvalue weighted by Crippen LogP contribution is -2.35. The molecule has 4 nitrogen and oxygen atoms in total. The molecule has 2 heterocycles. The third-order valence-electron chi connectivity index (χ3n) is 4.81. The summed E-state index contributed by atoms with van der Waals surface area (Å²) >= 11 is 12.9. The van der Waals surface area contributed by atoms with Gasteiger partial charge in [-0.1, -0.05) is 65.9 Å². The van der Waals surface area contributed by atoms with Crippen molar-refractivity contribution in [2.75, 3.05) is 13.2 Å². The van der Waals surface area contributed by atoms with Crippen molar-refractivity contribution in [2.24, 2.45) is 0 Å². The van der Waals surface area contributed by atoms with E-state index < -0.39 is 0 Å². The Morgan fingerprint density at radius 3 is 2.76 bits per heavy atom. The molecule has 0 aliphatic carbocycles. The molecule has 0 bridgehead atoms. The zero-order valence-electron chi connectivity index (χ0n) is 15.7. The monoisotopic (exact) mass is 445 g/mol. The third kappa shape index (κ3) is 5.01. The quantitative estimate of drug-likeness (QED) is 0.445. The van der Waals surface area contributed by atoms with E-state index >= 15 is 0 Å². The fourth-order valence-corrected chi connectivity index (χ4v) is 4.70. The van der Waals surface area contributed by atoms with Gasteiger partial charge >= 0.3 is 0 Å². The first kappa shape index (κ1) is 20.4. The molecule has 1 atom stereocenters. The molecule has 150 valence electrons. The number of hydrogen-bond acceptors (Lipinski definition) is 5. The number of nitrogens with zero attached hydrogens (tertiary/aromatic N) is 1. The van der Waals surface area contributed by atoms with Gasteiger partial charge in [0.2, 0.25) is 0 Å². The van der Waals surface area contributed by atoms with Gasteiger partial charge < -0.3 is 9.47 Å². The minimum absolute atomic E-state index is 0.0467. The zero-order valence-corrected chi connectivity index (χ0v) is 18.1. The van der Waals surface area contributed by atoms with Crippen LogP contribution in [0.15, 0.2) is 53.4 Å². The lowest BCUT2D eigenvalue weighted by atomic mass is 10.2. The van der Waals surface area contributed by atoms with E-state index in [1.54, 1.807) is 4.90 Å². The zero-order chi connectivity index (χ0) is 20.2. The van der Waals surface area contributed by atoms with Crippen LogP contribution >= 0.6 is 35.6 Å². The van der Waals surface area contributed by atoms with Crippen molar-refractivity contribution in [1.82, 2.24) is 4.90 Å². The lowest BCUT2D eigenvalue weighted by Gasteiger charge is -2.18. The summed E-state index contributed by atoms with van der Waals surface area (Å²) < 4.78 is 12.0. The molecular weight excluding hydrogens is 426 g/mol. The largest absolute Gasteiger partial charge is 0.489 e. The molecule has 0 saturated carbocycles. The summed E-state index contributed by atoms with van der Waals surface area (Å²) in [6.45, 7) is 1.71. The highest BCUT2D eigenvalue weighted by molar-refractivity contribution is 8.26. The van der Waals surface area contributed by atoms with E-state index in [4.69, 9.17) is 33.3 Å². The highest BCUT2D eigenvalue weighted by Gasteiger charge is 2.34. The molecule has 4 rings (SSSR count). The van der Waals surface area contributed by atoms with Crippen molar-refractivity contribution in [2.45, 2.75) is 25.6 Å². The third-order valence-corrected chi connectivity index (χ3v) is 6.56. The highest BCUT2D eigenvalue weighted by Crippen LogP contribution is 2.33. The molecule has 2 aliphatic heterocycles. The normalized spacial score (nSPS) is 20.7. The maximum Gasteiger partial charge on any atom is 0.266 e. The summed E-state index contributed by atoms with van der Waals surface area (Å²) in [6, 6.07) is 15.2. The van der Waals surface area contributed by atoms with Gasteiger partial charge in [0.15, 0.2) is 0 Å². The van der Waals surface area contributed by atoms with Gasteiger partial charge in [-0.3, -0.25) is 9.69 Å². The summed E-state index contributed by atoms with van der Waals surface area (Å²) in [6.07, 6.45) is 3.98. The summed E-state index contributed by atoms with van der Waals surface area (Å²) in [5.74, 6) is 0.697. The average molecular weight is 446 g/mol. The number of ether oxygens (including phenoxy) is 2. The van der Waals surface area contributed by atoms with Crippen LogP contribution in [0, 0.1) is 0 Å². The molecule has 0 aromatic heterocycles. The van der Waals surface area contributed by atoms with Crippen LogP contribution in [0.25, 0.3) is 6.08 Å². The van der Waals surface area contributed by atoms with Crippen LogP contribution in [0.4, 0.5) is 0 Å². The lowest BCUT2D eigenvalue weighted by molar-refractivity contribution is -0.123. The van der Waals surface area contributed by atoms with Crippen LogP contribution in [-0.4, -0.2) is 34.4 Å². The number of hydrogen-bond donors (Lipinski definition) is 0. The molecule has 1 amide bonds. The van der Waals surface area contributed by atoms with Crippen LogP contribution < -0.4 is 4.74 Å². The van der Waals surface area contributed by atoms with Gasteiger partial charge in [0, 0.05) is 17.2 Å². The van der Waals surface area contributed by atoms with Crippen molar-refractivity contribution in [3.63, 3.8) is 0 Å².